The highest BCUT2D eigenvalue weighted by Gasteiger charge is 2.29. The lowest BCUT2D eigenvalue weighted by molar-refractivity contribution is -0.117. The number of nitrogens with one attached hydrogen (secondary N) is 2. The van der Waals surface area contributed by atoms with Gasteiger partial charge in [0.05, 0.1) is 41.5 Å². The number of hydrogen-bond acceptors (Lipinski definition) is 8. The molecule has 3 aromatic heterocycles. The summed E-state index contributed by atoms with van der Waals surface area (Å²) in [5, 5.41) is 8.39. The van der Waals surface area contributed by atoms with E-state index in [2.05, 4.69) is 30.9 Å². The molecule has 0 radical (unpaired) electrons. The van der Waals surface area contributed by atoms with Crippen LogP contribution in [-0.4, -0.2) is 47.2 Å². The smallest absolute Gasteiger partial charge is 0.227 e. The number of amides is 1. The maximum absolute atomic E-state index is 12.2. The third-order valence-corrected chi connectivity index (χ3v) is 6.95. The van der Waals surface area contributed by atoms with Gasteiger partial charge >= 0.3 is 0 Å². The molecule has 1 saturated carbocycles. The van der Waals surface area contributed by atoms with Crippen LogP contribution in [0.25, 0.3) is 21.3 Å². The second-order valence-corrected chi connectivity index (χ2v) is 9.44. The second-order valence-electron chi connectivity index (χ2n) is 8.53. The highest BCUT2D eigenvalue weighted by atomic mass is 32.1. The monoisotopic (exact) mass is 472 g/mol. The molecule has 0 unspecified atom stereocenters. The Kier molecular flexibility index (Phi) is 5.56. The summed E-state index contributed by atoms with van der Waals surface area (Å²) in [6.07, 6.45) is 5.61. The van der Waals surface area contributed by atoms with Crippen LogP contribution in [0, 0.1) is 5.92 Å². The molecule has 9 heteroatoms. The van der Waals surface area contributed by atoms with E-state index >= 15 is 0 Å². The molecule has 0 spiro atoms. The fourth-order valence-electron chi connectivity index (χ4n) is 4.02. The molecule has 6 rings (SSSR count). The Morgan fingerprint density at radius 1 is 1.06 bits per heavy atom. The molecule has 1 amide bonds. The summed E-state index contributed by atoms with van der Waals surface area (Å²) in [5.41, 5.74) is 4.56. The number of fused-ring (bicyclic) bond motifs is 1. The lowest BCUT2D eigenvalue weighted by Crippen LogP contribution is -2.36. The Hall–Kier alpha value is -3.56. The topological polar surface area (TPSA) is 92.3 Å². The Balaban J connectivity index is 1.22. The van der Waals surface area contributed by atoms with E-state index in [0.717, 1.165) is 77.7 Å². The standard InChI is InChI=1S/C25H24N6O2S/c32-24(16-4-5-16)28-18-3-1-2-17(12-18)20-15-34-21-14-27-25(30-23(20)21)29-19-6-7-22(26-13-19)31-8-10-33-11-9-31/h1-3,6-7,12-16H,4-5,8-11H2,(H,28,32)(H,27,29,30). The van der Waals surface area contributed by atoms with Crippen molar-refractivity contribution >= 4 is 50.6 Å². The van der Waals surface area contributed by atoms with E-state index in [9.17, 15) is 4.79 Å². The minimum absolute atomic E-state index is 0.106. The van der Waals surface area contributed by atoms with Crippen molar-refractivity contribution in [1.29, 1.82) is 0 Å². The van der Waals surface area contributed by atoms with Gasteiger partial charge in [-0.05, 0) is 42.7 Å². The number of thiophene rings is 1. The molecule has 1 aliphatic carbocycles. The van der Waals surface area contributed by atoms with Gasteiger partial charge in [-0.1, -0.05) is 12.1 Å². The number of rotatable bonds is 6. The predicted octanol–water partition coefficient (Wildman–Crippen LogP) is 4.68. The average Bonchev–Trinajstić information content (AvgIpc) is 3.65. The van der Waals surface area contributed by atoms with Crippen LogP contribution in [0.2, 0.25) is 0 Å². The van der Waals surface area contributed by atoms with Crippen LogP contribution in [0.15, 0.2) is 54.2 Å². The fourth-order valence-corrected chi connectivity index (χ4v) is 4.89. The summed E-state index contributed by atoms with van der Waals surface area (Å²) in [5.74, 6) is 1.74. The van der Waals surface area contributed by atoms with Gasteiger partial charge < -0.3 is 20.3 Å². The summed E-state index contributed by atoms with van der Waals surface area (Å²) in [6.45, 7) is 3.17. The molecule has 8 nitrogen and oxygen atoms in total. The highest BCUT2D eigenvalue weighted by molar-refractivity contribution is 7.17. The summed E-state index contributed by atoms with van der Waals surface area (Å²) >= 11 is 1.61. The zero-order valence-electron chi connectivity index (χ0n) is 18.5. The van der Waals surface area contributed by atoms with E-state index in [-0.39, 0.29) is 11.8 Å². The molecule has 2 fully saturated rings. The van der Waals surface area contributed by atoms with Crippen molar-refractivity contribution < 1.29 is 9.53 Å². The van der Waals surface area contributed by atoms with Crippen molar-refractivity contribution in [3.05, 3.63) is 54.2 Å². The number of anilines is 4. The van der Waals surface area contributed by atoms with Crippen LogP contribution in [0.1, 0.15) is 12.8 Å². The number of aromatic nitrogens is 3. The quantitative estimate of drug-likeness (QED) is 0.421. The lowest BCUT2D eigenvalue weighted by Gasteiger charge is -2.27. The molecule has 4 heterocycles. The number of benzene rings is 1. The van der Waals surface area contributed by atoms with Crippen molar-refractivity contribution in [2.45, 2.75) is 12.8 Å². The Morgan fingerprint density at radius 3 is 2.74 bits per heavy atom. The molecule has 1 aromatic carbocycles. The molecule has 0 bridgehead atoms. The second kappa shape index (κ2) is 9.00. The van der Waals surface area contributed by atoms with Gasteiger partial charge in [0, 0.05) is 35.6 Å². The lowest BCUT2D eigenvalue weighted by atomic mass is 10.1. The molecule has 0 atom stereocenters. The third kappa shape index (κ3) is 4.44. The van der Waals surface area contributed by atoms with E-state index < -0.39 is 0 Å². The van der Waals surface area contributed by atoms with E-state index in [1.165, 1.54) is 0 Å². The van der Waals surface area contributed by atoms with Crippen molar-refractivity contribution in [1.82, 2.24) is 15.0 Å². The van der Waals surface area contributed by atoms with Gasteiger partial charge in [0.15, 0.2) is 0 Å². The largest absolute Gasteiger partial charge is 0.378 e. The molecule has 1 aliphatic heterocycles. The molecule has 2 N–H and O–H groups in total. The molecule has 4 aromatic rings. The van der Waals surface area contributed by atoms with Gasteiger partial charge in [-0.15, -0.1) is 11.3 Å². The first kappa shape index (κ1) is 21.0. The minimum atomic E-state index is 0.106. The predicted molar refractivity (Wildman–Crippen MR) is 135 cm³/mol. The molecular weight excluding hydrogens is 448 g/mol. The summed E-state index contributed by atoms with van der Waals surface area (Å²) in [6, 6.07) is 11.9. The van der Waals surface area contributed by atoms with Gasteiger partial charge in [-0.3, -0.25) is 4.79 Å². The summed E-state index contributed by atoms with van der Waals surface area (Å²) in [4.78, 5) is 28.2. The number of ether oxygens (including phenoxy) is 1. The van der Waals surface area contributed by atoms with Crippen LogP contribution >= 0.6 is 11.3 Å². The highest BCUT2D eigenvalue weighted by Crippen LogP contribution is 2.35. The van der Waals surface area contributed by atoms with Gasteiger partial charge in [0.25, 0.3) is 0 Å². The first-order chi connectivity index (χ1) is 16.7. The van der Waals surface area contributed by atoms with Gasteiger partial charge in [-0.25, -0.2) is 15.0 Å². The zero-order chi connectivity index (χ0) is 22.9. The van der Waals surface area contributed by atoms with Crippen molar-refractivity contribution in [3.8, 4) is 11.1 Å². The van der Waals surface area contributed by atoms with E-state index in [0.29, 0.717) is 5.95 Å². The van der Waals surface area contributed by atoms with Gasteiger partial charge in [0.1, 0.15) is 5.82 Å². The minimum Gasteiger partial charge on any atom is -0.378 e. The SMILES string of the molecule is O=C(Nc1cccc(-c2csc3cnc(Nc4ccc(N5CCOCC5)nc4)nc23)c1)C1CC1. The van der Waals surface area contributed by atoms with Crippen LogP contribution in [0.3, 0.4) is 0 Å². The fraction of sp³-hybridized carbons (Fsp3) is 0.280. The number of carbonyl (C=O) groups excluding carboxylic acids is 1. The summed E-state index contributed by atoms with van der Waals surface area (Å²) in [7, 11) is 0. The number of nitrogens with zero attached hydrogens (tertiary/aromatic N) is 4. The van der Waals surface area contributed by atoms with Gasteiger partial charge in [-0.2, -0.15) is 0 Å². The van der Waals surface area contributed by atoms with Crippen LogP contribution in [-0.2, 0) is 9.53 Å². The Morgan fingerprint density at radius 2 is 1.94 bits per heavy atom. The molecule has 34 heavy (non-hydrogen) atoms. The van der Waals surface area contributed by atoms with Crippen molar-refractivity contribution in [2.24, 2.45) is 5.92 Å². The van der Waals surface area contributed by atoms with Crippen LogP contribution in [0.4, 0.5) is 23.1 Å². The number of morpholine rings is 1. The summed E-state index contributed by atoms with van der Waals surface area (Å²) < 4.78 is 6.42. The first-order valence-corrected chi connectivity index (χ1v) is 12.3. The first-order valence-electron chi connectivity index (χ1n) is 11.4. The van der Waals surface area contributed by atoms with Crippen LogP contribution < -0.4 is 15.5 Å². The van der Waals surface area contributed by atoms with Gasteiger partial charge in [0.2, 0.25) is 11.9 Å². The number of carbonyl (C=O) groups is 1. The van der Waals surface area contributed by atoms with E-state index in [4.69, 9.17) is 9.72 Å². The molecule has 1 saturated heterocycles. The average molecular weight is 473 g/mol. The Bertz CT molecular complexity index is 1330. The van der Waals surface area contributed by atoms with E-state index in [1.54, 1.807) is 17.5 Å². The third-order valence-electron chi connectivity index (χ3n) is 6.04. The Labute approximate surface area is 201 Å². The van der Waals surface area contributed by atoms with Crippen molar-refractivity contribution in [2.75, 3.05) is 41.8 Å². The van der Waals surface area contributed by atoms with Crippen LogP contribution in [0.5, 0.6) is 0 Å². The molecule has 2 aliphatic rings. The maximum Gasteiger partial charge on any atom is 0.227 e. The van der Waals surface area contributed by atoms with E-state index in [1.807, 2.05) is 42.6 Å². The molecular formula is C25H24N6O2S. The normalized spacial score (nSPS) is 15.9. The molecule has 172 valence electrons. The zero-order valence-corrected chi connectivity index (χ0v) is 19.3. The number of hydrogen-bond donors (Lipinski definition) is 2. The number of pyridine rings is 1. The van der Waals surface area contributed by atoms with Crippen molar-refractivity contribution in [3.63, 3.8) is 0 Å². The maximum atomic E-state index is 12.2.